The van der Waals surface area contributed by atoms with Gasteiger partial charge in [-0.1, -0.05) is 30.3 Å². The maximum atomic E-state index is 12.0. The van der Waals surface area contributed by atoms with Gasteiger partial charge in [0.25, 0.3) is 5.91 Å². The number of aromatic nitrogens is 1. The van der Waals surface area contributed by atoms with Gasteiger partial charge in [0.1, 0.15) is 11.3 Å². The molecule has 0 spiro atoms. The van der Waals surface area contributed by atoms with Gasteiger partial charge in [-0.05, 0) is 41.0 Å². The zero-order valence-electron chi connectivity index (χ0n) is 15.5. The van der Waals surface area contributed by atoms with E-state index in [1.165, 1.54) is 6.07 Å². The predicted octanol–water partition coefficient (Wildman–Crippen LogP) is 3.55. The van der Waals surface area contributed by atoms with Crippen LogP contribution in [0, 0.1) is 0 Å². The van der Waals surface area contributed by atoms with Crippen molar-refractivity contribution >= 4 is 16.9 Å². The number of hydrogen-bond donors (Lipinski definition) is 1. The number of amides is 1. The molecule has 0 aliphatic carbocycles. The molecule has 4 aromatic rings. The van der Waals surface area contributed by atoms with E-state index in [2.05, 4.69) is 10.3 Å². The van der Waals surface area contributed by atoms with Crippen molar-refractivity contribution in [2.45, 2.75) is 6.54 Å². The van der Waals surface area contributed by atoms with Crippen LogP contribution in [0.4, 0.5) is 0 Å². The molecule has 6 heteroatoms. The molecule has 2 heterocycles. The number of hydrogen-bond acceptors (Lipinski definition) is 5. The maximum absolute atomic E-state index is 12.0. The maximum Gasteiger partial charge on any atom is 0.336 e. The van der Waals surface area contributed by atoms with Gasteiger partial charge in [-0.15, -0.1) is 0 Å². The molecule has 29 heavy (non-hydrogen) atoms. The average molecular weight is 386 g/mol. The van der Waals surface area contributed by atoms with Gasteiger partial charge in [-0.25, -0.2) is 4.79 Å². The minimum Gasteiger partial charge on any atom is -0.484 e. The largest absolute Gasteiger partial charge is 0.484 e. The number of rotatable bonds is 6. The molecule has 1 N–H and O–H groups in total. The summed E-state index contributed by atoms with van der Waals surface area (Å²) >= 11 is 0. The standard InChI is InChI=1S/C23H18N2O4/c26-22(25-14-16-8-10-24-11-9-16)15-28-18-6-7-19-20(17-4-2-1-3-5-17)13-23(27)29-21(19)12-18/h1-13H,14-15H2,(H,25,26). The highest BCUT2D eigenvalue weighted by Crippen LogP contribution is 2.29. The molecule has 1 amide bonds. The predicted molar refractivity (Wildman–Crippen MR) is 109 cm³/mol. The molecular formula is C23H18N2O4. The zero-order valence-corrected chi connectivity index (χ0v) is 15.5. The minimum absolute atomic E-state index is 0.140. The molecule has 0 saturated heterocycles. The van der Waals surface area contributed by atoms with Gasteiger partial charge >= 0.3 is 5.63 Å². The van der Waals surface area contributed by atoms with Crippen molar-refractivity contribution in [3.63, 3.8) is 0 Å². The van der Waals surface area contributed by atoms with E-state index >= 15 is 0 Å². The van der Waals surface area contributed by atoms with Crippen molar-refractivity contribution in [3.05, 3.63) is 95.1 Å². The van der Waals surface area contributed by atoms with Gasteiger partial charge in [-0.3, -0.25) is 9.78 Å². The number of pyridine rings is 1. The van der Waals surface area contributed by atoms with Gasteiger partial charge in [0.05, 0.1) is 0 Å². The highest BCUT2D eigenvalue weighted by molar-refractivity contribution is 5.93. The summed E-state index contributed by atoms with van der Waals surface area (Å²) in [4.78, 5) is 28.0. The second-order valence-corrected chi connectivity index (χ2v) is 6.42. The van der Waals surface area contributed by atoms with Crippen LogP contribution in [0.15, 0.2) is 88.3 Å². The molecule has 0 bridgehead atoms. The van der Waals surface area contributed by atoms with E-state index in [1.54, 1.807) is 24.5 Å². The Morgan fingerprint density at radius 2 is 1.79 bits per heavy atom. The Kier molecular flexibility index (Phi) is 5.33. The smallest absolute Gasteiger partial charge is 0.336 e. The average Bonchev–Trinajstić information content (AvgIpc) is 2.76. The highest BCUT2D eigenvalue weighted by atomic mass is 16.5. The lowest BCUT2D eigenvalue weighted by atomic mass is 10.0. The van der Waals surface area contributed by atoms with E-state index in [-0.39, 0.29) is 12.5 Å². The molecule has 0 aliphatic rings. The van der Waals surface area contributed by atoms with Gasteiger partial charge < -0.3 is 14.5 Å². The van der Waals surface area contributed by atoms with Crippen LogP contribution in [0.5, 0.6) is 5.75 Å². The van der Waals surface area contributed by atoms with Crippen LogP contribution in [0.2, 0.25) is 0 Å². The highest BCUT2D eigenvalue weighted by Gasteiger charge is 2.10. The fraction of sp³-hybridized carbons (Fsp3) is 0.0870. The van der Waals surface area contributed by atoms with Gasteiger partial charge in [-0.2, -0.15) is 0 Å². The van der Waals surface area contributed by atoms with Crippen molar-refractivity contribution in [1.29, 1.82) is 0 Å². The molecule has 0 aliphatic heterocycles. The molecule has 2 aromatic heterocycles. The topological polar surface area (TPSA) is 81.4 Å². The SMILES string of the molecule is O=C(COc1ccc2c(-c3ccccc3)cc(=O)oc2c1)NCc1ccncc1. The lowest BCUT2D eigenvalue weighted by molar-refractivity contribution is -0.123. The number of benzene rings is 2. The van der Waals surface area contributed by atoms with Crippen molar-refractivity contribution in [3.8, 4) is 16.9 Å². The van der Waals surface area contributed by atoms with Gasteiger partial charge in [0.2, 0.25) is 0 Å². The van der Waals surface area contributed by atoms with Crippen molar-refractivity contribution in [1.82, 2.24) is 10.3 Å². The van der Waals surface area contributed by atoms with E-state index in [4.69, 9.17) is 9.15 Å². The van der Waals surface area contributed by atoms with E-state index in [9.17, 15) is 9.59 Å². The number of ether oxygens (including phenoxy) is 1. The van der Waals surface area contributed by atoms with Crippen LogP contribution >= 0.6 is 0 Å². The van der Waals surface area contributed by atoms with Crippen molar-refractivity contribution in [2.75, 3.05) is 6.61 Å². The van der Waals surface area contributed by atoms with Crippen molar-refractivity contribution in [2.24, 2.45) is 0 Å². The van der Waals surface area contributed by atoms with Crippen LogP contribution in [-0.2, 0) is 11.3 Å². The Morgan fingerprint density at radius 3 is 2.59 bits per heavy atom. The number of carbonyl (C=O) groups excluding carboxylic acids is 1. The number of fused-ring (bicyclic) bond motifs is 1. The summed E-state index contributed by atoms with van der Waals surface area (Å²) in [7, 11) is 0. The Bertz CT molecular complexity index is 1190. The summed E-state index contributed by atoms with van der Waals surface area (Å²) in [6, 6.07) is 20.0. The van der Waals surface area contributed by atoms with E-state index in [0.29, 0.717) is 17.9 Å². The summed E-state index contributed by atoms with van der Waals surface area (Å²) in [5.74, 6) is 0.200. The third-order valence-corrected chi connectivity index (χ3v) is 4.41. The third kappa shape index (κ3) is 4.50. The lowest BCUT2D eigenvalue weighted by Gasteiger charge is -2.09. The third-order valence-electron chi connectivity index (χ3n) is 4.41. The van der Waals surface area contributed by atoms with E-state index < -0.39 is 5.63 Å². The molecule has 0 radical (unpaired) electrons. The minimum atomic E-state index is -0.441. The Balaban J connectivity index is 1.48. The second kappa shape index (κ2) is 8.39. The quantitative estimate of drug-likeness (QED) is 0.513. The fourth-order valence-electron chi connectivity index (χ4n) is 2.99. The Labute approximate surface area is 166 Å². The molecule has 144 valence electrons. The number of nitrogens with zero attached hydrogens (tertiary/aromatic N) is 1. The number of nitrogens with one attached hydrogen (secondary N) is 1. The summed E-state index contributed by atoms with van der Waals surface area (Å²) in [5, 5.41) is 3.58. The molecule has 2 aromatic carbocycles. The van der Waals surface area contributed by atoms with Crippen LogP contribution in [0.1, 0.15) is 5.56 Å². The summed E-state index contributed by atoms with van der Waals surface area (Å²) < 4.78 is 10.9. The van der Waals surface area contributed by atoms with E-state index in [0.717, 1.165) is 22.1 Å². The molecule has 0 saturated carbocycles. The van der Waals surface area contributed by atoms with Crippen LogP contribution in [0.3, 0.4) is 0 Å². The molecule has 6 nitrogen and oxygen atoms in total. The number of carbonyl (C=O) groups is 1. The lowest BCUT2D eigenvalue weighted by Crippen LogP contribution is -2.28. The van der Waals surface area contributed by atoms with Gasteiger partial charge in [0, 0.05) is 36.5 Å². The first-order valence-electron chi connectivity index (χ1n) is 9.11. The Hall–Kier alpha value is -3.93. The molecule has 0 fully saturated rings. The zero-order chi connectivity index (χ0) is 20.1. The fourth-order valence-corrected chi connectivity index (χ4v) is 2.99. The van der Waals surface area contributed by atoms with Crippen LogP contribution in [0.25, 0.3) is 22.1 Å². The molecule has 0 unspecified atom stereocenters. The molecular weight excluding hydrogens is 368 g/mol. The normalized spacial score (nSPS) is 10.6. The van der Waals surface area contributed by atoms with Crippen LogP contribution in [-0.4, -0.2) is 17.5 Å². The van der Waals surface area contributed by atoms with E-state index in [1.807, 2.05) is 48.5 Å². The summed E-state index contributed by atoms with van der Waals surface area (Å²) in [6.45, 7) is 0.261. The van der Waals surface area contributed by atoms with Gasteiger partial charge in [0.15, 0.2) is 6.61 Å². The first-order chi connectivity index (χ1) is 14.2. The molecule has 0 atom stereocenters. The van der Waals surface area contributed by atoms with Crippen molar-refractivity contribution < 1.29 is 13.9 Å². The first-order valence-corrected chi connectivity index (χ1v) is 9.11. The van der Waals surface area contributed by atoms with Crippen LogP contribution < -0.4 is 15.7 Å². The monoisotopic (exact) mass is 386 g/mol. The second-order valence-electron chi connectivity index (χ2n) is 6.42. The Morgan fingerprint density at radius 1 is 1.00 bits per heavy atom. The molecule has 4 rings (SSSR count). The summed E-state index contributed by atoms with van der Waals surface area (Å²) in [6.07, 6.45) is 3.34. The first kappa shape index (κ1) is 18.4. The summed E-state index contributed by atoms with van der Waals surface area (Å²) in [5.41, 5.74) is 2.64.